The van der Waals surface area contributed by atoms with Crippen molar-refractivity contribution in [2.24, 2.45) is 0 Å². The second-order valence-corrected chi connectivity index (χ2v) is 4.90. The largest absolute Gasteiger partial charge is 0.348 e. The molecule has 5 nitrogen and oxygen atoms in total. The van der Waals surface area contributed by atoms with E-state index in [1.54, 1.807) is 0 Å². The highest BCUT2D eigenvalue weighted by Crippen LogP contribution is 2.32. The molecular formula is C13H17NO4. The molecule has 1 saturated heterocycles. The summed E-state index contributed by atoms with van der Waals surface area (Å²) in [6, 6.07) is 9.43. The molecule has 0 aliphatic carbocycles. The van der Waals surface area contributed by atoms with Gasteiger partial charge in [-0.1, -0.05) is 30.3 Å². The predicted octanol–water partition coefficient (Wildman–Crippen LogP) is 2.20. The van der Waals surface area contributed by atoms with Crippen molar-refractivity contribution in [2.45, 2.75) is 31.7 Å². The Morgan fingerprint density at radius 2 is 2.11 bits per heavy atom. The van der Waals surface area contributed by atoms with E-state index in [4.69, 9.17) is 9.47 Å². The van der Waals surface area contributed by atoms with E-state index in [1.807, 2.05) is 44.2 Å². The molecule has 2 atom stereocenters. The molecule has 0 N–H and O–H groups in total. The lowest BCUT2D eigenvalue weighted by atomic mass is 9.94. The molecule has 0 radical (unpaired) electrons. The van der Waals surface area contributed by atoms with Gasteiger partial charge in [0, 0.05) is 4.92 Å². The second-order valence-electron chi connectivity index (χ2n) is 4.90. The molecule has 0 saturated carbocycles. The molecule has 0 amide bonds. The molecule has 0 spiro atoms. The molecule has 1 heterocycles. The molecular weight excluding hydrogens is 234 g/mol. The quantitative estimate of drug-likeness (QED) is 0.608. The van der Waals surface area contributed by atoms with Crippen LogP contribution in [0.15, 0.2) is 30.3 Å². The molecule has 0 aromatic heterocycles. The number of nitrogens with zero attached hydrogens (tertiary/aromatic N) is 1. The highest BCUT2D eigenvalue weighted by atomic mass is 16.7. The first-order valence-electron chi connectivity index (χ1n) is 5.96. The third-order valence-corrected chi connectivity index (χ3v) is 3.05. The van der Waals surface area contributed by atoms with Crippen molar-refractivity contribution >= 4 is 0 Å². The Bertz CT molecular complexity index is 418. The molecule has 1 aliphatic rings. The maximum atomic E-state index is 10.8. The first kappa shape index (κ1) is 13.0. The van der Waals surface area contributed by atoms with Gasteiger partial charge in [0.1, 0.15) is 0 Å². The zero-order valence-electron chi connectivity index (χ0n) is 10.5. The fourth-order valence-corrected chi connectivity index (χ4v) is 2.21. The third kappa shape index (κ3) is 3.05. The lowest BCUT2D eigenvalue weighted by molar-refractivity contribution is -0.485. The van der Waals surface area contributed by atoms with Gasteiger partial charge >= 0.3 is 0 Å². The maximum Gasteiger partial charge on any atom is 0.213 e. The second kappa shape index (κ2) is 5.04. The Morgan fingerprint density at radius 1 is 1.44 bits per heavy atom. The lowest BCUT2D eigenvalue weighted by Crippen LogP contribution is -2.29. The monoisotopic (exact) mass is 251 g/mol. The summed E-state index contributed by atoms with van der Waals surface area (Å²) in [6.45, 7) is 3.89. The Balaban J connectivity index is 2.19. The summed E-state index contributed by atoms with van der Waals surface area (Å²) in [7, 11) is 0. The van der Waals surface area contributed by atoms with Gasteiger partial charge in [0.2, 0.25) is 6.54 Å². The minimum atomic E-state index is -0.658. The number of hydrogen-bond donors (Lipinski definition) is 0. The van der Waals surface area contributed by atoms with Crippen molar-refractivity contribution in [2.75, 3.05) is 13.2 Å². The zero-order valence-corrected chi connectivity index (χ0v) is 10.5. The minimum absolute atomic E-state index is 0.145. The summed E-state index contributed by atoms with van der Waals surface area (Å²) in [5.41, 5.74) is 0.917. The smallest absolute Gasteiger partial charge is 0.213 e. The fraction of sp³-hybridized carbons (Fsp3) is 0.538. The van der Waals surface area contributed by atoms with Crippen LogP contribution in [-0.2, 0) is 9.47 Å². The number of nitro groups is 1. The molecule has 1 aromatic rings. The maximum absolute atomic E-state index is 10.8. The predicted molar refractivity (Wildman–Crippen MR) is 65.9 cm³/mol. The Hall–Kier alpha value is -1.46. The van der Waals surface area contributed by atoms with Crippen LogP contribution in [0.3, 0.4) is 0 Å². The average molecular weight is 251 g/mol. The summed E-state index contributed by atoms with van der Waals surface area (Å²) in [6.07, 6.45) is -0.271. The standard InChI is InChI=1S/C13H17NO4/c1-13(2)17-9-12(18-13)11(8-14(15)16)10-6-4-3-5-7-10/h3-7,11-12H,8-9H2,1-2H3/t11-,12-/m1/s1. The van der Waals surface area contributed by atoms with Gasteiger partial charge in [0.15, 0.2) is 5.79 Å². The number of hydrogen-bond acceptors (Lipinski definition) is 4. The van der Waals surface area contributed by atoms with Gasteiger partial charge in [-0.05, 0) is 19.4 Å². The molecule has 1 aliphatic heterocycles. The summed E-state index contributed by atoms with van der Waals surface area (Å²) < 4.78 is 11.2. The molecule has 18 heavy (non-hydrogen) atoms. The van der Waals surface area contributed by atoms with Crippen LogP contribution in [-0.4, -0.2) is 30.0 Å². The number of rotatable bonds is 4. The van der Waals surface area contributed by atoms with E-state index >= 15 is 0 Å². The van der Waals surface area contributed by atoms with E-state index in [0.717, 1.165) is 5.56 Å². The summed E-state index contributed by atoms with van der Waals surface area (Å²) in [4.78, 5) is 10.5. The van der Waals surface area contributed by atoms with Crippen molar-refractivity contribution in [1.29, 1.82) is 0 Å². The van der Waals surface area contributed by atoms with E-state index in [1.165, 1.54) is 0 Å². The van der Waals surface area contributed by atoms with E-state index in [-0.39, 0.29) is 23.5 Å². The van der Waals surface area contributed by atoms with Crippen LogP contribution >= 0.6 is 0 Å². The van der Waals surface area contributed by atoms with Gasteiger partial charge < -0.3 is 9.47 Å². The average Bonchev–Trinajstić information content (AvgIpc) is 2.67. The van der Waals surface area contributed by atoms with Crippen LogP contribution in [0.5, 0.6) is 0 Å². The SMILES string of the molecule is CC1(C)OC[C@H]([C@H](C[N+](=O)[O-])c2ccccc2)O1. The van der Waals surface area contributed by atoms with Crippen LogP contribution in [0.2, 0.25) is 0 Å². The Kier molecular flexibility index (Phi) is 3.63. The highest BCUT2D eigenvalue weighted by molar-refractivity contribution is 5.21. The van der Waals surface area contributed by atoms with Crippen molar-refractivity contribution in [3.05, 3.63) is 46.0 Å². The lowest BCUT2D eigenvalue weighted by Gasteiger charge is -2.21. The Labute approximate surface area is 106 Å². The molecule has 98 valence electrons. The van der Waals surface area contributed by atoms with Gasteiger partial charge in [-0.25, -0.2) is 0 Å². The molecule has 0 bridgehead atoms. The van der Waals surface area contributed by atoms with Gasteiger partial charge in [0.25, 0.3) is 0 Å². The summed E-state index contributed by atoms with van der Waals surface area (Å²) in [5.74, 6) is -0.933. The third-order valence-electron chi connectivity index (χ3n) is 3.05. The minimum Gasteiger partial charge on any atom is -0.348 e. The molecule has 1 aromatic carbocycles. The van der Waals surface area contributed by atoms with Gasteiger partial charge in [-0.15, -0.1) is 0 Å². The van der Waals surface area contributed by atoms with Crippen LogP contribution in [0.4, 0.5) is 0 Å². The first-order chi connectivity index (χ1) is 8.48. The zero-order chi connectivity index (χ0) is 13.2. The van der Waals surface area contributed by atoms with E-state index in [0.29, 0.717) is 6.61 Å². The van der Waals surface area contributed by atoms with Crippen molar-refractivity contribution in [3.8, 4) is 0 Å². The number of benzene rings is 1. The van der Waals surface area contributed by atoms with E-state index < -0.39 is 5.79 Å². The highest BCUT2D eigenvalue weighted by Gasteiger charge is 2.39. The van der Waals surface area contributed by atoms with Gasteiger partial charge in [-0.3, -0.25) is 10.1 Å². The topological polar surface area (TPSA) is 61.6 Å². The van der Waals surface area contributed by atoms with Crippen LogP contribution in [0.25, 0.3) is 0 Å². The normalized spacial score (nSPS) is 23.8. The van der Waals surface area contributed by atoms with Crippen LogP contribution in [0.1, 0.15) is 25.3 Å². The molecule has 0 unspecified atom stereocenters. The van der Waals surface area contributed by atoms with Crippen LogP contribution in [0, 0.1) is 10.1 Å². The Morgan fingerprint density at radius 3 is 2.61 bits per heavy atom. The summed E-state index contributed by atoms with van der Waals surface area (Å²) >= 11 is 0. The summed E-state index contributed by atoms with van der Waals surface area (Å²) in [5, 5.41) is 10.8. The van der Waals surface area contributed by atoms with Crippen molar-refractivity contribution in [1.82, 2.24) is 0 Å². The van der Waals surface area contributed by atoms with E-state index in [2.05, 4.69) is 0 Å². The molecule has 2 rings (SSSR count). The van der Waals surface area contributed by atoms with E-state index in [9.17, 15) is 10.1 Å². The van der Waals surface area contributed by atoms with Crippen molar-refractivity contribution in [3.63, 3.8) is 0 Å². The molecule has 5 heteroatoms. The van der Waals surface area contributed by atoms with Crippen molar-refractivity contribution < 1.29 is 14.4 Å². The molecule has 1 fully saturated rings. The van der Waals surface area contributed by atoms with Crippen LogP contribution < -0.4 is 0 Å². The number of ether oxygens (including phenoxy) is 2. The first-order valence-corrected chi connectivity index (χ1v) is 5.96. The fourth-order valence-electron chi connectivity index (χ4n) is 2.21. The van der Waals surface area contributed by atoms with Gasteiger partial charge in [0.05, 0.1) is 18.6 Å². The van der Waals surface area contributed by atoms with Gasteiger partial charge in [-0.2, -0.15) is 0 Å².